The third-order valence-electron chi connectivity index (χ3n) is 3.12. The normalized spacial score (nSPS) is 10.9. The van der Waals surface area contributed by atoms with E-state index in [9.17, 15) is 0 Å². The number of hydrogen-bond acceptors (Lipinski definition) is 3. The summed E-state index contributed by atoms with van der Waals surface area (Å²) in [6, 6.07) is 8.29. The van der Waals surface area contributed by atoms with Crippen LogP contribution in [0.1, 0.15) is 12.7 Å². The van der Waals surface area contributed by atoms with Crippen LogP contribution in [0.3, 0.4) is 0 Å². The molecule has 0 bridgehead atoms. The van der Waals surface area contributed by atoms with Crippen molar-refractivity contribution in [2.45, 2.75) is 20.0 Å². The summed E-state index contributed by atoms with van der Waals surface area (Å²) in [6.07, 6.45) is 5.53. The Balaban J connectivity index is 1.86. The van der Waals surface area contributed by atoms with E-state index < -0.39 is 0 Å². The van der Waals surface area contributed by atoms with Gasteiger partial charge in [0.1, 0.15) is 18.7 Å². The number of aryl methyl sites for hydroxylation is 1. The van der Waals surface area contributed by atoms with E-state index in [0.717, 1.165) is 17.9 Å². The van der Waals surface area contributed by atoms with Gasteiger partial charge in [0.15, 0.2) is 0 Å². The first kappa shape index (κ1) is 13.3. The molecular weight excluding hydrogens is 365 g/mol. The topological polar surface area (TPSA) is 48.5 Å². The third-order valence-corrected chi connectivity index (χ3v) is 4.06. The molecular formula is C14H14IN5. The lowest BCUT2D eigenvalue weighted by Crippen LogP contribution is -2.09. The zero-order valence-electron chi connectivity index (χ0n) is 11.1. The Morgan fingerprint density at radius 3 is 2.85 bits per heavy atom. The largest absolute Gasteiger partial charge is 0.264 e. The van der Waals surface area contributed by atoms with Gasteiger partial charge in [-0.1, -0.05) is 18.2 Å². The Labute approximate surface area is 130 Å². The molecule has 102 valence electrons. The lowest BCUT2D eigenvalue weighted by molar-refractivity contribution is 0.568. The van der Waals surface area contributed by atoms with Crippen molar-refractivity contribution in [1.29, 1.82) is 0 Å². The lowest BCUT2D eigenvalue weighted by Gasteiger charge is -2.03. The molecule has 3 aromatic rings. The van der Waals surface area contributed by atoms with E-state index in [0.29, 0.717) is 6.54 Å². The quantitative estimate of drug-likeness (QED) is 0.655. The SMILES string of the molecule is CCn1ncnc1Cn1cc(-c2ccccc2I)cn1. The van der Waals surface area contributed by atoms with Gasteiger partial charge in [0.25, 0.3) is 0 Å². The van der Waals surface area contributed by atoms with Crippen molar-refractivity contribution in [3.05, 3.63) is 52.4 Å². The maximum absolute atomic E-state index is 4.42. The molecule has 1 aromatic carbocycles. The monoisotopic (exact) mass is 379 g/mol. The van der Waals surface area contributed by atoms with Crippen molar-refractivity contribution in [2.24, 2.45) is 0 Å². The number of nitrogens with zero attached hydrogens (tertiary/aromatic N) is 5. The highest BCUT2D eigenvalue weighted by atomic mass is 127. The molecule has 0 aliphatic carbocycles. The van der Waals surface area contributed by atoms with Gasteiger partial charge >= 0.3 is 0 Å². The summed E-state index contributed by atoms with van der Waals surface area (Å²) < 4.78 is 5.00. The van der Waals surface area contributed by atoms with E-state index in [2.05, 4.69) is 56.8 Å². The van der Waals surface area contributed by atoms with Gasteiger partial charge in [-0.25, -0.2) is 9.67 Å². The van der Waals surface area contributed by atoms with Crippen molar-refractivity contribution >= 4 is 22.6 Å². The van der Waals surface area contributed by atoms with E-state index in [1.807, 2.05) is 33.9 Å². The molecule has 0 amide bonds. The summed E-state index contributed by atoms with van der Waals surface area (Å²) >= 11 is 2.34. The Bertz CT molecular complexity index is 716. The molecule has 0 unspecified atom stereocenters. The lowest BCUT2D eigenvalue weighted by atomic mass is 10.1. The Morgan fingerprint density at radius 1 is 1.20 bits per heavy atom. The summed E-state index contributed by atoms with van der Waals surface area (Å²) in [4.78, 5) is 4.27. The first-order valence-electron chi connectivity index (χ1n) is 6.42. The van der Waals surface area contributed by atoms with Crippen molar-refractivity contribution in [2.75, 3.05) is 0 Å². The molecule has 2 heterocycles. The van der Waals surface area contributed by atoms with Gasteiger partial charge in [-0.05, 0) is 41.1 Å². The van der Waals surface area contributed by atoms with Crippen LogP contribution in [-0.2, 0) is 13.1 Å². The first-order chi connectivity index (χ1) is 9.78. The van der Waals surface area contributed by atoms with Crippen molar-refractivity contribution < 1.29 is 0 Å². The molecule has 0 saturated heterocycles. The average molecular weight is 379 g/mol. The van der Waals surface area contributed by atoms with Crippen molar-refractivity contribution in [3.63, 3.8) is 0 Å². The smallest absolute Gasteiger partial charge is 0.148 e. The highest BCUT2D eigenvalue weighted by Gasteiger charge is 2.08. The number of hydrogen-bond donors (Lipinski definition) is 0. The van der Waals surface area contributed by atoms with Gasteiger partial charge < -0.3 is 0 Å². The molecule has 0 spiro atoms. The number of aromatic nitrogens is 5. The zero-order chi connectivity index (χ0) is 13.9. The second-order valence-electron chi connectivity index (χ2n) is 4.40. The van der Waals surface area contributed by atoms with Crippen LogP contribution in [0.15, 0.2) is 43.0 Å². The fraction of sp³-hybridized carbons (Fsp3) is 0.214. The average Bonchev–Trinajstić information content (AvgIpc) is 3.09. The van der Waals surface area contributed by atoms with Crippen LogP contribution in [0.25, 0.3) is 11.1 Å². The minimum atomic E-state index is 0.636. The van der Waals surface area contributed by atoms with Crippen molar-refractivity contribution in [3.8, 4) is 11.1 Å². The van der Waals surface area contributed by atoms with E-state index in [1.165, 1.54) is 9.13 Å². The molecule has 3 rings (SSSR count). The van der Waals surface area contributed by atoms with Crippen LogP contribution < -0.4 is 0 Å². The molecule has 6 heteroatoms. The number of rotatable bonds is 4. The Kier molecular flexibility index (Phi) is 3.81. The maximum Gasteiger partial charge on any atom is 0.148 e. The van der Waals surface area contributed by atoms with Crippen LogP contribution >= 0.6 is 22.6 Å². The van der Waals surface area contributed by atoms with Crippen LogP contribution in [0.4, 0.5) is 0 Å². The first-order valence-corrected chi connectivity index (χ1v) is 7.50. The number of halogens is 1. The second kappa shape index (κ2) is 5.74. The van der Waals surface area contributed by atoms with Crippen LogP contribution in [0.2, 0.25) is 0 Å². The van der Waals surface area contributed by atoms with Gasteiger partial charge in [0, 0.05) is 21.9 Å². The molecule has 2 aromatic heterocycles. The summed E-state index contributed by atoms with van der Waals surface area (Å²) in [5, 5.41) is 8.59. The molecule has 0 aliphatic heterocycles. The van der Waals surface area contributed by atoms with Crippen LogP contribution in [-0.4, -0.2) is 24.5 Å². The Hall–Kier alpha value is -1.70. The molecule has 0 fully saturated rings. The van der Waals surface area contributed by atoms with Crippen LogP contribution in [0, 0.1) is 3.57 Å². The molecule has 0 radical (unpaired) electrons. The molecule has 0 aliphatic rings. The summed E-state index contributed by atoms with van der Waals surface area (Å²) in [6.45, 7) is 3.51. The molecule has 5 nitrogen and oxygen atoms in total. The van der Waals surface area contributed by atoms with E-state index >= 15 is 0 Å². The van der Waals surface area contributed by atoms with Gasteiger partial charge in [-0.15, -0.1) is 0 Å². The maximum atomic E-state index is 4.42. The summed E-state index contributed by atoms with van der Waals surface area (Å²) in [7, 11) is 0. The van der Waals surface area contributed by atoms with Gasteiger partial charge in [0.2, 0.25) is 0 Å². The second-order valence-corrected chi connectivity index (χ2v) is 5.56. The molecule has 0 N–H and O–H groups in total. The fourth-order valence-corrected chi connectivity index (χ4v) is 2.80. The van der Waals surface area contributed by atoms with Crippen LogP contribution in [0.5, 0.6) is 0 Å². The molecule has 0 atom stereocenters. The number of benzene rings is 1. The predicted molar refractivity (Wildman–Crippen MR) is 85.2 cm³/mol. The summed E-state index contributed by atoms with van der Waals surface area (Å²) in [5.41, 5.74) is 2.33. The third kappa shape index (κ3) is 2.60. The predicted octanol–water partition coefficient (Wildman–Crippen LogP) is 2.81. The highest BCUT2D eigenvalue weighted by molar-refractivity contribution is 14.1. The van der Waals surface area contributed by atoms with Crippen molar-refractivity contribution in [1.82, 2.24) is 24.5 Å². The minimum absolute atomic E-state index is 0.636. The zero-order valence-corrected chi connectivity index (χ0v) is 13.2. The fourth-order valence-electron chi connectivity index (χ4n) is 2.10. The van der Waals surface area contributed by atoms with E-state index in [1.54, 1.807) is 6.33 Å². The van der Waals surface area contributed by atoms with E-state index in [-0.39, 0.29) is 0 Å². The van der Waals surface area contributed by atoms with Gasteiger partial charge in [-0.3, -0.25) is 4.68 Å². The Morgan fingerprint density at radius 2 is 2.05 bits per heavy atom. The minimum Gasteiger partial charge on any atom is -0.264 e. The molecule has 0 saturated carbocycles. The van der Waals surface area contributed by atoms with E-state index in [4.69, 9.17) is 0 Å². The van der Waals surface area contributed by atoms with Gasteiger partial charge in [0.05, 0.1) is 6.20 Å². The highest BCUT2D eigenvalue weighted by Crippen LogP contribution is 2.24. The molecule has 20 heavy (non-hydrogen) atoms. The standard InChI is InChI=1S/C14H14IN5/c1-2-20-14(16-10-18-20)9-19-8-11(7-17-19)12-5-3-4-6-13(12)15/h3-8,10H,2,9H2,1H3. The summed E-state index contributed by atoms with van der Waals surface area (Å²) in [5.74, 6) is 0.921. The van der Waals surface area contributed by atoms with Gasteiger partial charge in [-0.2, -0.15) is 10.2 Å².